The Bertz CT molecular complexity index is 545. The fraction of sp³-hybridized carbons (Fsp3) is 0.182. The van der Waals surface area contributed by atoms with E-state index in [9.17, 15) is 4.39 Å². The number of aryl methyl sites for hydroxylation is 1. The smallest absolute Gasteiger partial charge is 0.484 e. The maximum atomic E-state index is 13.4. The van der Waals surface area contributed by atoms with Crippen molar-refractivity contribution in [2.75, 3.05) is 0 Å². The van der Waals surface area contributed by atoms with Crippen molar-refractivity contribution in [1.82, 2.24) is 9.78 Å². The minimum atomic E-state index is -1.65. The van der Waals surface area contributed by atoms with Crippen molar-refractivity contribution in [1.29, 1.82) is 0 Å². The molecule has 1 aromatic carbocycles. The van der Waals surface area contributed by atoms with Gasteiger partial charge in [0.25, 0.3) is 0 Å². The van der Waals surface area contributed by atoms with E-state index in [-0.39, 0.29) is 17.8 Å². The highest BCUT2D eigenvalue weighted by Gasteiger charge is 2.14. The number of nitrogens with zero attached hydrogens (tertiary/aromatic N) is 2. The first-order valence-electron chi connectivity index (χ1n) is 5.33. The van der Waals surface area contributed by atoms with Crippen LogP contribution in [0.1, 0.15) is 5.69 Å². The third kappa shape index (κ3) is 2.88. The normalized spacial score (nSPS) is 10.4. The van der Waals surface area contributed by atoms with Gasteiger partial charge < -0.3 is 14.8 Å². The minimum Gasteiger partial charge on any atom is -0.484 e. The molecular formula is C11H12BFN2O3. The van der Waals surface area contributed by atoms with E-state index >= 15 is 0 Å². The van der Waals surface area contributed by atoms with Crippen molar-refractivity contribution >= 4 is 12.6 Å². The molecule has 5 nitrogen and oxygen atoms in total. The molecule has 0 aliphatic carbocycles. The molecule has 0 aliphatic heterocycles. The monoisotopic (exact) mass is 250 g/mol. The maximum absolute atomic E-state index is 13.4. The summed E-state index contributed by atoms with van der Waals surface area (Å²) in [6.07, 6.45) is 1.75. The predicted octanol–water partition coefficient (Wildman–Crippen LogP) is -0.182. The number of benzene rings is 1. The van der Waals surface area contributed by atoms with Crippen molar-refractivity contribution in [2.24, 2.45) is 7.05 Å². The first kappa shape index (κ1) is 12.6. The lowest BCUT2D eigenvalue weighted by Crippen LogP contribution is -2.29. The zero-order chi connectivity index (χ0) is 13.1. The van der Waals surface area contributed by atoms with Crippen LogP contribution >= 0.6 is 0 Å². The van der Waals surface area contributed by atoms with E-state index in [1.807, 2.05) is 0 Å². The Morgan fingerprint density at radius 1 is 1.39 bits per heavy atom. The molecule has 0 saturated heterocycles. The summed E-state index contributed by atoms with van der Waals surface area (Å²) in [6.45, 7) is 0.114. The molecule has 0 spiro atoms. The van der Waals surface area contributed by atoms with Crippen LogP contribution in [0.3, 0.4) is 0 Å². The highest BCUT2D eigenvalue weighted by Crippen LogP contribution is 2.16. The lowest BCUT2D eigenvalue weighted by Gasteiger charge is -2.07. The molecule has 18 heavy (non-hydrogen) atoms. The van der Waals surface area contributed by atoms with Crippen LogP contribution in [0.2, 0.25) is 0 Å². The van der Waals surface area contributed by atoms with Gasteiger partial charge in [-0.05, 0) is 23.7 Å². The van der Waals surface area contributed by atoms with Gasteiger partial charge in [0.05, 0.1) is 5.69 Å². The third-order valence-corrected chi connectivity index (χ3v) is 2.40. The number of hydrogen-bond donors (Lipinski definition) is 2. The van der Waals surface area contributed by atoms with Gasteiger partial charge in [0.15, 0.2) is 11.6 Å². The zero-order valence-electron chi connectivity index (χ0n) is 9.75. The number of aromatic nitrogens is 2. The second-order valence-corrected chi connectivity index (χ2v) is 3.83. The Hall–Kier alpha value is -1.86. The van der Waals surface area contributed by atoms with E-state index in [0.717, 1.165) is 6.07 Å². The molecule has 0 unspecified atom stereocenters. The lowest BCUT2D eigenvalue weighted by molar-refractivity contribution is 0.285. The van der Waals surface area contributed by atoms with Crippen LogP contribution in [-0.2, 0) is 13.7 Å². The van der Waals surface area contributed by atoms with Crippen LogP contribution in [0.15, 0.2) is 30.5 Å². The van der Waals surface area contributed by atoms with Crippen molar-refractivity contribution < 1.29 is 19.2 Å². The van der Waals surface area contributed by atoms with Crippen LogP contribution in [0, 0.1) is 5.82 Å². The average Bonchev–Trinajstić information content (AvgIpc) is 2.74. The molecule has 0 amide bonds. The van der Waals surface area contributed by atoms with Crippen LogP contribution in [0.25, 0.3) is 0 Å². The van der Waals surface area contributed by atoms with E-state index in [2.05, 4.69) is 5.10 Å². The Balaban J connectivity index is 2.10. The van der Waals surface area contributed by atoms with E-state index < -0.39 is 12.9 Å². The molecule has 0 radical (unpaired) electrons. The third-order valence-electron chi connectivity index (χ3n) is 2.40. The summed E-state index contributed by atoms with van der Waals surface area (Å²) in [5, 5.41) is 22.1. The molecule has 1 heterocycles. The summed E-state index contributed by atoms with van der Waals surface area (Å²) in [5.74, 6) is -0.596. The van der Waals surface area contributed by atoms with Gasteiger partial charge in [-0.3, -0.25) is 4.68 Å². The van der Waals surface area contributed by atoms with Gasteiger partial charge in [-0.2, -0.15) is 5.10 Å². The van der Waals surface area contributed by atoms with Crippen molar-refractivity contribution in [3.63, 3.8) is 0 Å². The number of halogens is 1. The van der Waals surface area contributed by atoms with Crippen molar-refractivity contribution in [2.45, 2.75) is 6.61 Å². The average molecular weight is 250 g/mol. The molecule has 2 N–H and O–H groups in total. The summed E-state index contributed by atoms with van der Waals surface area (Å²) >= 11 is 0. The summed E-state index contributed by atoms with van der Waals surface area (Å²) < 4.78 is 20.3. The Kier molecular flexibility index (Phi) is 3.64. The number of hydrogen-bond acceptors (Lipinski definition) is 4. The van der Waals surface area contributed by atoms with Gasteiger partial charge in [0.2, 0.25) is 0 Å². The molecule has 1 aromatic heterocycles. The van der Waals surface area contributed by atoms with Crippen molar-refractivity contribution in [3.8, 4) is 5.75 Å². The molecule has 0 saturated carbocycles. The number of ether oxygens (including phenoxy) is 1. The zero-order valence-corrected chi connectivity index (χ0v) is 9.75. The fourth-order valence-corrected chi connectivity index (χ4v) is 1.48. The minimum absolute atomic E-state index is 0.0359. The van der Waals surface area contributed by atoms with Gasteiger partial charge in [-0.15, -0.1) is 0 Å². The summed E-state index contributed by atoms with van der Waals surface area (Å²) in [4.78, 5) is 0. The van der Waals surface area contributed by atoms with Crippen molar-refractivity contribution in [3.05, 3.63) is 42.0 Å². The molecule has 2 aromatic rings. The Labute approximate surface area is 104 Å². The van der Waals surface area contributed by atoms with E-state index in [1.165, 1.54) is 12.1 Å². The van der Waals surface area contributed by atoms with E-state index in [4.69, 9.17) is 14.8 Å². The van der Waals surface area contributed by atoms with Crippen LogP contribution in [0.5, 0.6) is 5.75 Å². The molecule has 0 bridgehead atoms. The van der Waals surface area contributed by atoms with E-state index in [1.54, 1.807) is 24.0 Å². The largest absolute Gasteiger partial charge is 0.488 e. The summed E-state index contributed by atoms with van der Waals surface area (Å²) in [6, 6.07) is 5.42. The Morgan fingerprint density at radius 3 is 2.78 bits per heavy atom. The van der Waals surface area contributed by atoms with Gasteiger partial charge in [0, 0.05) is 13.2 Å². The molecule has 7 heteroatoms. The molecule has 94 valence electrons. The van der Waals surface area contributed by atoms with Gasteiger partial charge >= 0.3 is 7.12 Å². The van der Waals surface area contributed by atoms with E-state index in [0.29, 0.717) is 5.69 Å². The predicted molar refractivity (Wildman–Crippen MR) is 63.8 cm³/mol. The molecule has 0 atom stereocenters. The Morgan fingerprint density at radius 2 is 2.17 bits per heavy atom. The second-order valence-electron chi connectivity index (χ2n) is 3.83. The molecular weight excluding hydrogens is 238 g/mol. The van der Waals surface area contributed by atoms with Gasteiger partial charge in [0.1, 0.15) is 6.61 Å². The highest BCUT2D eigenvalue weighted by molar-refractivity contribution is 6.58. The molecule has 0 aliphatic rings. The maximum Gasteiger partial charge on any atom is 0.488 e. The molecule has 0 fully saturated rings. The lowest BCUT2D eigenvalue weighted by atomic mass is 9.80. The number of rotatable bonds is 4. The summed E-state index contributed by atoms with van der Waals surface area (Å²) in [7, 11) is 0.120. The van der Waals surface area contributed by atoms with Crippen LogP contribution in [-0.4, -0.2) is 26.9 Å². The first-order chi connectivity index (χ1) is 8.56. The van der Waals surface area contributed by atoms with Gasteiger partial charge in [-0.25, -0.2) is 4.39 Å². The molecule has 2 rings (SSSR count). The van der Waals surface area contributed by atoms with Crippen LogP contribution in [0.4, 0.5) is 4.39 Å². The topological polar surface area (TPSA) is 67.5 Å². The van der Waals surface area contributed by atoms with Crippen LogP contribution < -0.4 is 10.2 Å². The fourth-order valence-electron chi connectivity index (χ4n) is 1.48. The standard InChI is InChI=1S/C11H12BFN2O3/c1-15-5-4-9(14-15)7-18-11-6-8(12(16)17)2-3-10(11)13/h2-6,16-17H,7H2,1H3. The first-order valence-corrected chi connectivity index (χ1v) is 5.33. The second kappa shape index (κ2) is 5.20. The highest BCUT2D eigenvalue weighted by atomic mass is 19.1. The quantitative estimate of drug-likeness (QED) is 0.738. The SMILES string of the molecule is Cn1ccc(COc2cc(B(O)O)ccc2F)n1. The summed E-state index contributed by atoms with van der Waals surface area (Å²) in [5.41, 5.74) is 0.833. The van der Waals surface area contributed by atoms with Gasteiger partial charge in [-0.1, -0.05) is 6.07 Å².